The summed E-state index contributed by atoms with van der Waals surface area (Å²) in [6.45, 7) is 7.22. The third-order valence-corrected chi connectivity index (χ3v) is 2.14. The second-order valence-corrected chi connectivity index (χ2v) is 3.58. The summed E-state index contributed by atoms with van der Waals surface area (Å²) in [6.07, 6.45) is 0. The van der Waals surface area contributed by atoms with Gasteiger partial charge in [-0.15, -0.1) is 0 Å². The Morgan fingerprint density at radius 3 is 2.20 bits per heavy atom. The summed E-state index contributed by atoms with van der Waals surface area (Å²) in [6, 6.07) is 0. The molecule has 86 valence electrons. The summed E-state index contributed by atoms with van der Waals surface area (Å²) < 4.78 is 4.99. The molecule has 1 atom stereocenters. The van der Waals surface area contributed by atoms with Gasteiger partial charge < -0.3 is 14.7 Å². The molecular formula is C10H17NO4. The van der Waals surface area contributed by atoms with Crippen LogP contribution in [0.25, 0.3) is 0 Å². The average Bonchev–Trinajstić information content (AvgIpc) is 2.15. The van der Waals surface area contributed by atoms with Crippen LogP contribution >= 0.6 is 0 Å². The SMILES string of the molecule is C=C(C)C(=O)OC(C)(CO)N(C)C(C)=O. The number of ether oxygens (including phenoxy) is 1. The lowest BCUT2D eigenvalue weighted by Gasteiger charge is -2.35. The highest BCUT2D eigenvalue weighted by Gasteiger charge is 2.34. The number of hydrogen-bond acceptors (Lipinski definition) is 4. The number of rotatable bonds is 4. The molecular weight excluding hydrogens is 198 g/mol. The Hall–Kier alpha value is -1.36. The number of amides is 1. The van der Waals surface area contributed by atoms with Gasteiger partial charge in [0.25, 0.3) is 0 Å². The Balaban J connectivity index is 4.79. The van der Waals surface area contributed by atoms with E-state index in [1.807, 2.05) is 0 Å². The van der Waals surface area contributed by atoms with Gasteiger partial charge in [-0.25, -0.2) is 4.79 Å². The monoisotopic (exact) mass is 215 g/mol. The molecule has 0 saturated carbocycles. The lowest BCUT2D eigenvalue weighted by Crippen LogP contribution is -2.52. The highest BCUT2D eigenvalue weighted by Crippen LogP contribution is 2.16. The number of likely N-dealkylation sites (N-methyl/N-ethyl adjacent to an activating group) is 1. The van der Waals surface area contributed by atoms with E-state index in [-0.39, 0.29) is 11.5 Å². The van der Waals surface area contributed by atoms with E-state index in [1.165, 1.54) is 27.8 Å². The third kappa shape index (κ3) is 3.36. The van der Waals surface area contributed by atoms with Gasteiger partial charge in [0, 0.05) is 19.5 Å². The van der Waals surface area contributed by atoms with Crippen molar-refractivity contribution < 1.29 is 19.4 Å². The van der Waals surface area contributed by atoms with Crippen LogP contribution in [0.2, 0.25) is 0 Å². The van der Waals surface area contributed by atoms with Crippen molar-refractivity contribution in [3.05, 3.63) is 12.2 Å². The van der Waals surface area contributed by atoms with Crippen molar-refractivity contribution in [1.82, 2.24) is 4.90 Å². The molecule has 0 radical (unpaired) electrons. The van der Waals surface area contributed by atoms with E-state index < -0.39 is 18.3 Å². The number of hydrogen-bond donors (Lipinski definition) is 1. The Labute approximate surface area is 89.3 Å². The van der Waals surface area contributed by atoms with Crippen LogP contribution < -0.4 is 0 Å². The molecule has 0 rings (SSSR count). The fourth-order valence-corrected chi connectivity index (χ4v) is 0.827. The first-order chi connectivity index (χ1) is 6.74. The maximum absolute atomic E-state index is 11.3. The van der Waals surface area contributed by atoms with E-state index in [2.05, 4.69) is 6.58 Å². The van der Waals surface area contributed by atoms with Crippen molar-refractivity contribution >= 4 is 11.9 Å². The predicted molar refractivity (Wildman–Crippen MR) is 54.8 cm³/mol. The second-order valence-electron chi connectivity index (χ2n) is 3.58. The lowest BCUT2D eigenvalue weighted by atomic mass is 10.2. The molecule has 15 heavy (non-hydrogen) atoms. The molecule has 5 heteroatoms. The van der Waals surface area contributed by atoms with Crippen molar-refractivity contribution in [2.45, 2.75) is 26.5 Å². The quantitative estimate of drug-likeness (QED) is 0.416. The molecule has 0 fully saturated rings. The van der Waals surface area contributed by atoms with E-state index in [0.717, 1.165) is 4.90 Å². The molecule has 0 aliphatic heterocycles. The molecule has 1 amide bonds. The van der Waals surface area contributed by atoms with Gasteiger partial charge in [-0.3, -0.25) is 4.79 Å². The normalized spacial score (nSPS) is 13.9. The van der Waals surface area contributed by atoms with Gasteiger partial charge in [-0.2, -0.15) is 0 Å². The van der Waals surface area contributed by atoms with Crippen LogP contribution in [0.3, 0.4) is 0 Å². The first-order valence-electron chi connectivity index (χ1n) is 4.48. The topological polar surface area (TPSA) is 66.8 Å². The molecule has 0 bridgehead atoms. The highest BCUT2D eigenvalue weighted by atomic mass is 16.6. The molecule has 0 spiro atoms. The Kier molecular flexibility index (Phi) is 4.48. The van der Waals surface area contributed by atoms with E-state index in [0.29, 0.717) is 0 Å². The van der Waals surface area contributed by atoms with Gasteiger partial charge in [0.1, 0.15) is 6.61 Å². The minimum absolute atomic E-state index is 0.214. The Morgan fingerprint density at radius 1 is 1.47 bits per heavy atom. The van der Waals surface area contributed by atoms with Crippen molar-refractivity contribution in [3.8, 4) is 0 Å². The minimum atomic E-state index is -1.35. The number of nitrogens with zero attached hydrogens (tertiary/aromatic N) is 1. The van der Waals surface area contributed by atoms with Crippen molar-refractivity contribution in [2.75, 3.05) is 13.7 Å². The largest absolute Gasteiger partial charge is 0.433 e. The van der Waals surface area contributed by atoms with E-state index in [4.69, 9.17) is 9.84 Å². The molecule has 0 aliphatic carbocycles. The van der Waals surface area contributed by atoms with Crippen LogP contribution in [0.4, 0.5) is 0 Å². The maximum atomic E-state index is 11.3. The summed E-state index contributed by atoms with van der Waals surface area (Å²) in [5.74, 6) is -0.944. The van der Waals surface area contributed by atoms with Crippen molar-refractivity contribution in [1.29, 1.82) is 0 Å². The summed E-state index contributed by atoms with van der Waals surface area (Å²) >= 11 is 0. The standard InChI is InChI=1S/C10H17NO4/c1-7(2)9(14)15-10(4,6-12)11(5)8(3)13/h12H,1,6H2,2-5H3. The zero-order valence-electron chi connectivity index (χ0n) is 9.53. The Bertz CT molecular complexity index is 287. The van der Waals surface area contributed by atoms with Crippen molar-refractivity contribution in [2.24, 2.45) is 0 Å². The lowest BCUT2D eigenvalue weighted by molar-refractivity contribution is -0.186. The van der Waals surface area contributed by atoms with Crippen LogP contribution in [0.5, 0.6) is 0 Å². The molecule has 0 aromatic rings. The zero-order valence-corrected chi connectivity index (χ0v) is 9.53. The molecule has 1 N–H and O–H groups in total. The van der Waals surface area contributed by atoms with Gasteiger partial charge in [0.05, 0.1) is 0 Å². The number of carbonyl (C=O) groups excluding carboxylic acids is 2. The molecule has 0 aromatic carbocycles. The zero-order chi connectivity index (χ0) is 12.2. The fourth-order valence-electron chi connectivity index (χ4n) is 0.827. The van der Waals surface area contributed by atoms with Crippen LogP contribution in [0.1, 0.15) is 20.8 Å². The maximum Gasteiger partial charge on any atom is 0.335 e. The summed E-state index contributed by atoms with van der Waals surface area (Å²) in [5, 5.41) is 9.13. The number of aliphatic hydroxyl groups excluding tert-OH is 1. The molecule has 1 unspecified atom stereocenters. The summed E-state index contributed by atoms with van der Waals surface area (Å²) in [7, 11) is 1.45. The molecule has 0 heterocycles. The van der Waals surface area contributed by atoms with Crippen LogP contribution in [-0.2, 0) is 14.3 Å². The van der Waals surface area contributed by atoms with Gasteiger partial charge in [0.15, 0.2) is 0 Å². The second kappa shape index (κ2) is 4.93. The van der Waals surface area contributed by atoms with Gasteiger partial charge in [-0.1, -0.05) is 6.58 Å². The fraction of sp³-hybridized carbons (Fsp3) is 0.600. The highest BCUT2D eigenvalue weighted by molar-refractivity contribution is 5.87. The summed E-state index contributed by atoms with van der Waals surface area (Å²) in [5.41, 5.74) is -1.13. The van der Waals surface area contributed by atoms with E-state index in [9.17, 15) is 9.59 Å². The Morgan fingerprint density at radius 2 is 1.93 bits per heavy atom. The third-order valence-electron chi connectivity index (χ3n) is 2.14. The molecule has 0 aromatic heterocycles. The van der Waals surface area contributed by atoms with Crippen molar-refractivity contribution in [3.63, 3.8) is 0 Å². The number of carbonyl (C=O) groups is 2. The van der Waals surface area contributed by atoms with Gasteiger partial charge in [0.2, 0.25) is 11.6 Å². The smallest absolute Gasteiger partial charge is 0.335 e. The molecule has 0 aliphatic rings. The molecule has 5 nitrogen and oxygen atoms in total. The minimum Gasteiger partial charge on any atom is -0.433 e. The van der Waals surface area contributed by atoms with Crippen LogP contribution in [-0.4, -0.2) is 41.3 Å². The van der Waals surface area contributed by atoms with E-state index in [1.54, 1.807) is 0 Å². The van der Waals surface area contributed by atoms with Crippen LogP contribution in [0, 0.1) is 0 Å². The average molecular weight is 215 g/mol. The van der Waals surface area contributed by atoms with Crippen LogP contribution in [0.15, 0.2) is 12.2 Å². The predicted octanol–water partition coefficient (Wildman–Crippen LogP) is 0.293. The number of esters is 1. The first kappa shape index (κ1) is 13.6. The van der Waals surface area contributed by atoms with Gasteiger partial charge >= 0.3 is 5.97 Å². The molecule has 0 saturated heterocycles. The number of aliphatic hydroxyl groups is 1. The van der Waals surface area contributed by atoms with E-state index >= 15 is 0 Å². The first-order valence-corrected chi connectivity index (χ1v) is 4.48. The summed E-state index contributed by atoms with van der Waals surface area (Å²) in [4.78, 5) is 23.5. The van der Waals surface area contributed by atoms with Gasteiger partial charge in [-0.05, 0) is 13.8 Å².